The zero-order valence-corrected chi connectivity index (χ0v) is 21.8. The second-order valence-electron chi connectivity index (χ2n) is 9.70. The van der Waals surface area contributed by atoms with Gasteiger partial charge in [0.1, 0.15) is 17.8 Å². The van der Waals surface area contributed by atoms with Crippen LogP contribution in [0, 0.1) is 6.92 Å². The molecular weight excluding hydrogens is 492 g/mol. The van der Waals surface area contributed by atoms with Gasteiger partial charge >= 0.3 is 0 Å². The first-order valence-electron chi connectivity index (χ1n) is 12.3. The summed E-state index contributed by atoms with van der Waals surface area (Å²) < 4.78 is 8.13. The molecule has 1 amide bonds. The van der Waals surface area contributed by atoms with Crippen LogP contribution in [0.1, 0.15) is 54.7 Å². The maximum absolute atomic E-state index is 12.7. The number of nitrogens with zero attached hydrogens (tertiary/aromatic N) is 5. The molecule has 192 valence electrons. The molecule has 3 aromatic heterocycles. The molecule has 1 atom stereocenters. The van der Waals surface area contributed by atoms with Crippen molar-refractivity contribution in [2.45, 2.75) is 58.2 Å². The Labute approximate surface area is 219 Å². The fourth-order valence-electron chi connectivity index (χ4n) is 4.09. The number of rotatable bonds is 9. The first kappa shape index (κ1) is 25.1. The fraction of sp³-hybridized carbons (Fsp3) is 0.370. The number of imidazole rings is 1. The first-order chi connectivity index (χ1) is 17.8. The molecule has 4 aromatic rings. The minimum Gasteiger partial charge on any atom is -0.470 e. The van der Waals surface area contributed by atoms with E-state index in [9.17, 15) is 9.90 Å². The van der Waals surface area contributed by atoms with E-state index in [-0.39, 0.29) is 24.2 Å². The Morgan fingerprint density at radius 2 is 2.05 bits per heavy atom. The van der Waals surface area contributed by atoms with Gasteiger partial charge in [0.25, 0.3) is 5.91 Å². The quantitative estimate of drug-likeness (QED) is 0.337. The molecular formula is C27H29ClN6O3. The van der Waals surface area contributed by atoms with Gasteiger partial charge in [0.05, 0.1) is 29.9 Å². The van der Waals surface area contributed by atoms with E-state index in [0.29, 0.717) is 52.0 Å². The lowest BCUT2D eigenvalue weighted by atomic mass is 10.1. The molecule has 1 aliphatic rings. The van der Waals surface area contributed by atoms with E-state index < -0.39 is 0 Å². The zero-order chi connectivity index (χ0) is 26.2. The van der Waals surface area contributed by atoms with E-state index in [4.69, 9.17) is 21.3 Å². The van der Waals surface area contributed by atoms with Crippen molar-refractivity contribution in [1.82, 2.24) is 29.8 Å². The van der Waals surface area contributed by atoms with Gasteiger partial charge in [-0.25, -0.2) is 9.97 Å². The average Bonchev–Trinajstić information content (AvgIpc) is 3.50. The standard InChI is InChI=1S/C27H29ClN6O3/c1-4-18(14-35)32-25(36)17-5-6-20(21(28)12-17)23-33-22-24(30-15-31-26(22)37-27(3)8-9-27)34(23)13-19-11-16(2)7-10-29-19/h5-7,10-12,15,18,35H,4,8-9,13-14H2,1-3H3,(H,32,36)/t18-/m1/s1. The van der Waals surface area contributed by atoms with Gasteiger partial charge < -0.3 is 19.7 Å². The van der Waals surface area contributed by atoms with E-state index in [1.165, 1.54) is 6.33 Å². The summed E-state index contributed by atoms with van der Waals surface area (Å²) in [5.41, 5.74) is 3.90. The lowest BCUT2D eigenvalue weighted by Gasteiger charge is -2.15. The number of hydrogen-bond donors (Lipinski definition) is 2. The number of ether oxygens (including phenoxy) is 1. The second kappa shape index (κ2) is 10.1. The van der Waals surface area contributed by atoms with Crippen molar-refractivity contribution in [3.8, 4) is 17.3 Å². The Hall–Kier alpha value is -3.56. The van der Waals surface area contributed by atoms with Crippen LogP contribution in [0.2, 0.25) is 5.02 Å². The number of nitrogens with one attached hydrogen (secondary N) is 1. The van der Waals surface area contributed by atoms with Gasteiger partial charge in [-0.05, 0) is 69.0 Å². The molecule has 1 fully saturated rings. The summed E-state index contributed by atoms with van der Waals surface area (Å²) in [7, 11) is 0. The molecule has 0 bridgehead atoms. The smallest absolute Gasteiger partial charge is 0.251 e. The Bertz CT molecular complexity index is 1460. The molecule has 1 aliphatic carbocycles. The molecule has 3 heterocycles. The van der Waals surface area contributed by atoms with Crippen molar-refractivity contribution in [2.24, 2.45) is 0 Å². The number of aliphatic hydroxyl groups is 1. The third kappa shape index (κ3) is 5.28. The Balaban J connectivity index is 1.59. The predicted molar refractivity (Wildman–Crippen MR) is 141 cm³/mol. The Morgan fingerprint density at radius 1 is 1.24 bits per heavy atom. The number of aliphatic hydroxyl groups excluding tert-OH is 1. The summed E-state index contributed by atoms with van der Waals surface area (Å²) in [5.74, 6) is 0.707. The van der Waals surface area contributed by atoms with Crippen molar-refractivity contribution in [2.75, 3.05) is 6.61 Å². The monoisotopic (exact) mass is 520 g/mol. The number of halogens is 1. The Kier molecular flexibility index (Phi) is 6.83. The fourth-order valence-corrected chi connectivity index (χ4v) is 4.35. The molecule has 1 saturated carbocycles. The van der Waals surface area contributed by atoms with Crippen LogP contribution in [0.25, 0.3) is 22.6 Å². The van der Waals surface area contributed by atoms with Gasteiger partial charge in [-0.15, -0.1) is 0 Å². The van der Waals surface area contributed by atoms with Crippen molar-refractivity contribution in [1.29, 1.82) is 0 Å². The van der Waals surface area contributed by atoms with Gasteiger partial charge in [-0.3, -0.25) is 9.78 Å². The van der Waals surface area contributed by atoms with E-state index in [0.717, 1.165) is 24.1 Å². The van der Waals surface area contributed by atoms with Crippen LogP contribution in [0.5, 0.6) is 5.88 Å². The van der Waals surface area contributed by atoms with E-state index in [2.05, 4.69) is 27.2 Å². The van der Waals surface area contributed by atoms with Crippen molar-refractivity contribution in [3.05, 3.63) is 64.7 Å². The molecule has 0 radical (unpaired) electrons. The molecule has 0 unspecified atom stereocenters. The molecule has 10 heteroatoms. The number of amides is 1. The first-order valence-corrected chi connectivity index (χ1v) is 12.7. The summed E-state index contributed by atoms with van der Waals surface area (Å²) in [6.45, 7) is 6.25. The minimum atomic E-state index is -0.317. The number of carbonyl (C=O) groups excluding carboxylic acids is 1. The highest BCUT2D eigenvalue weighted by Crippen LogP contribution is 2.41. The third-order valence-electron chi connectivity index (χ3n) is 6.61. The van der Waals surface area contributed by atoms with Gasteiger partial charge in [0.15, 0.2) is 11.2 Å². The summed E-state index contributed by atoms with van der Waals surface area (Å²) in [5, 5.41) is 12.6. The summed E-state index contributed by atoms with van der Waals surface area (Å²) >= 11 is 6.73. The number of carbonyl (C=O) groups is 1. The maximum atomic E-state index is 12.7. The maximum Gasteiger partial charge on any atom is 0.251 e. The van der Waals surface area contributed by atoms with Crippen LogP contribution in [-0.2, 0) is 6.54 Å². The average molecular weight is 521 g/mol. The van der Waals surface area contributed by atoms with Gasteiger partial charge in [-0.2, -0.15) is 4.98 Å². The summed E-state index contributed by atoms with van der Waals surface area (Å²) in [6, 6.07) is 8.72. The van der Waals surface area contributed by atoms with Gasteiger partial charge in [0.2, 0.25) is 5.88 Å². The second-order valence-corrected chi connectivity index (χ2v) is 10.1. The molecule has 37 heavy (non-hydrogen) atoms. The number of hydrogen-bond acceptors (Lipinski definition) is 7. The van der Waals surface area contributed by atoms with Gasteiger partial charge in [0, 0.05) is 17.3 Å². The molecule has 0 spiro atoms. The molecule has 0 aliphatic heterocycles. The number of fused-ring (bicyclic) bond motifs is 1. The molecule has 9 nitrogen and oxygen atoms in total. The van der Waals surface area contributed by atoms with Crippen LogP contribution in [0.3, 0.4) is 0 Å². The molecule has 2 N–H and O–H groups in total. The Morgan fingerprint density at radius 3 is 2.73 bits per heavy atom. The number of pyridine rings is 1. The van der Waals surface area contributed by atoms with Crippen molar-refractivity contribution >= 4 is 28.7 Å². The van der Waals surface area contributed by atoms with Crippen molar-refractivity contribution in [3.63, 3.8) is 0 Å². The molecule has 1 aromatic carbocycles. The summed E-state index contributed by atoms with van der Waals surface area (Å²) in [6.07, 6.45) is 5.80. The van der Waals surface area contributed by atoms with Gasteiger partial charge in [-0.1, -0.05) is 18.5 Å². The number of aromatic nitrogens is 5. The molecule has 0 saturated heterocycles. The number of benzene rings is 1. The topological polar surface area (TPSA) is 115 Å². The normalized spacial score (nSPS) is 14.9. The van der Waals surface area contributed by atoms with Crippen LogP contribution in [-0.4, -0.2) is 53.8 Å². The zero-order valence-electron chi connectivity index (χ0n) is 21.0. The van der Waals surface area contributed by atoms with E-state index in [1.54, 1.807) is 24.4 Å². The van der Waals surface area contributed by atoms with Crippen LogP contribution in [0.4, 0.5) is 0 Å². The number of aryl methyl sites for hydroxylation is 1. The summed E-state index contributed by atoms with van der Waals surface area (Å²) in [4.78, 5) is 31.0. The van der Waals surface area contributed by atoms with E-state index >= 15 is 0 Å². The van der Waals surface area contributed by atoms with Crippen LogP contribution >= 0.6 is 11.6 Å². The van der Waals surface area contributed by atoms with E-state index in [1.807, 2.05) is 30.5 Å². The minimum absolute atomic E-state index is 0.129. The third-order valence-corrected chi connectivity index (χ3v) is 6.92. The van der Waals surface area contributed by atoms with Crippen LogP contribution in [0.15, 0.2) is 42.9 Å². The predicted octanol–water partition coefficient (Wildman–Crippen LogP) is 4.33. The largest absolute Gasteiger partial charge is 0.470 e. The lowest BCUT2D eigenvalue weighted by molar-refractivity contribution is 0.0915. The SMILES string of the molecule is CC[C@H](CO)NC(=O)c1ccc(-c2nc3c(OC4(C)CC4)ncnc3n2Cc2cc(C)ccn2)c(Cl)c1. The van der Waals surface area contributed by atoms with Crippen LogP contribution < -0.4 is 10.1 Å². The lowest BCUT2D eigenvalue weighted by Crippen LogP contribution is -2.36. The van der Waals surface area contributed by atoms with Crippen molar-refractivity contribution < 1.29 is 14.6 Å². The highest BCUT2D eigenvalue weighted by atomic mass is 35.5. The molecule has 5 rings (SSSR count). The highest BCUT2D eigenvalue weighted by molar-refractivity contribution is 6.33. The highest BCUT2D eigenvalue weighted by Gasteiger charge is 2.41.